The molecule has 5 rings (SSSR count). The first-order valence-corrected chi connectivity index (χ1v) is 11.6. The Kier molecular flexibility index (Phi) is 6.35. The quantitative estimate of drug-likeness (QED) is 0.412. The van der Waals surface area contributed by atoms with Gasteiger partial charge >= 0.3 is 6.18 Å². The average Bonchev–Trinajstić information content (AvgIpc) is 3.35. The topological polar surface area (TPSA) is 79.8 Å². The lowest BCUT2D eigenvalue weighted by Gasteiger charge is -2.36. The SMILES string of the molecule is Cc1cccn2c(=O)cc(CN3CCN(C(C)c4nc(-c5cccc(C(F)(F)F)c5)no4)CC3)nc12. The smallest absolute Gasteiger partial charge is 0.337 e. The molecule has 4 heterocycles. The lowest BCUT2D eigenvalue weighted by atomic mass is 10.1. The Morgan fingerprint density at radius 2 is 1.83 bits per heavy atom. The summed E-state index contributed by atoms with van der Waals surface area (Å²) in [6.45, 7) is 7.42. The zero-order valence-electron chi connectivity index (χ0n) is 19.9. The summed E-state index contributed by atoms with van der Waals surface area (Å²) in [5.74, 6) is 0.487. The van der Waals surface area contributed by atoms with Crippen molar-refractivity contribution in [3.63, 3.8) is 0 Å². The third-order valence-electron chi connectivity index (χ3n) is 6.53. The third-order valence-corrected chi connectivity index (χ3v) is 6.53. The second-order valence-corrected chi connectivity index (χ2v) is 8.99. The van der Waals surface area contributed by atoms with E-state index >= 15 is 0 Å². The number of hydrogen-bond acceptors (Lipinski definition) is 7. The minimum atomic E-state index is -4.44. The van der Waals surface area contributed by atoms with Crippen LogP contribution in [0.1, 0.15) is 35.7 Å². The molecule has 4 aromatic rings. The molecular weight excluding hydrogens is 473 g/mol. The van der Waals surface area contributed by atoms with Crippen molar-refractivity contribution in [1.82, 2.24) is 29.3 Å². The molecule has 1 aliphatic heterocycles. The van der Waals surface area contributed by atoms with E-state index in [2.05, 4.69) is 24.9 Å². The molecule has 8 nitrogen and oxygen atoms in total. The van der Waals surface area contributed by atoms with Crippen molar-refractivity contribution in [2.45, 2.75) is 32.6 Å². The summed E-state index contributed by atoms with van der Waals surface area (Å²) >= 11 is 0. The fraction of sp³-hybridized carbons (Fsp3) is 0.360. The van der Waals surface area contributed by atoms with Gasteiger partial charge in [-0.2, -0.15) is 18.2 Å². The molecule has 0 aliphatic carbocycles. The van der Waals surface area contributed by atoms with Crippen LogP contribution in [0, 0.1) is 6.92 Å². The van der Waals surface area contributed by atoms with E-state index in [1.165, 1.54) is 12.1 Å². The monoisotopic (exact) mass is 498 g/mol. The number of nitrogens with zero attached hydrogens (tertiary/aromatic N) is 6. The lowest BCUT2D eigenvalue weighted by molar-refractivity contribution is -0.137. The Bertz CT molecular complexity index is 1440. The molecule has 0 spiro atoms. The molecular formula is C25H25F3N6O2. The predicted octanol–water partition coefficient (Wildman–Crippen LogP) is 3.95. The number of aromatic nitrogens is 4. The van der Waals surface area contributed by atoms with Crippen molar-refractivity contribution in [2.75, 3.05) is 26.2 Å². The number of fused-ring (bicyclic) bond motifs is 1. The molecule has 1 aromatic carbocycles. The second-order valence-electron chi connectivity index (χ2n) is 8.99. The standard InChI is InChI=1S/C25H25F3N6O2/c1-16-5-4-8-34-21(35)14-20(29-23(16)34)15-32-9-11-33(12-10-32)17(2)24-30-22(31-36-24)18-6-3-7-19(13-18)25(26,27)28/h3-8,13-14,17H,9-12,15H2,1-2H3. The minimum Gasteiger partial charge on any atom is -0.337 e. The summed E-state index contributed by atoms with van der Waals surface area (Å²) in [5.41, 5.74) is 1.75. The number of alkyl halides is 3. The molecule has 0 saturated carbocycles. The average molecular weight is 499 g/mol. The molecule has 0 radical (unpaired) electrons. The molecule has 1 saturated heterocycles. The van der Waals surface area contributed by atoms with Gasteiger partial charge in [0.2, 0.25) is 11.7 Å². The Balaban J connectivity index is 1.23. The molecule has 1 aliphatic rings. The van der Waals surface area contributed by atoms with Crippen LogP contribution in [0.15, 0.2) is 58.0 Å². The van der Waals surface area contributed by atoms with E-state index in [0.29, 0.717) is 18.1 Å². The normalized spacial score (nSPS) is 16.5. The van der Waals surface area contributed by atoms with Crippen molar-refractivity contribution in [1.29, 1.82) is 0 Å². The van der Waals surface area contributed by atoms with E-state index in [0.717, 1.165) is 49.6 Å². The van der Waals surface area contributed by atoms with Crippen LogP contribution in [0.25, 0.3) is 17.0 Å². The van der Waals surface area contributed by atoms with Gasteiger partial charge in [-0.1, -0.05) is 23.4 Å². The third kappa shape index (κ3) is 4.89. The van der Waals surface area contributed by atoms with Crippen molar-refractivity contribution < 1.29 is 17.7 Å². The number of piperazine rings is 1. The molecule has 1 unspecified atom stereocenters. The summed E-state index contributed by atoms with van der Waals surface area (Å²) in [6, 6.07) is 10.0. The van der Waals surface area contributed by atoms with Gasteiger partial charge in [-0.15, -0.1) is 0 Å². The Morgan fingerprint density at radius 1 is 1.06 bits per heavy atom. The number of benzene rings is 1. The van der Waals surface area contributed by atoms with Gasteiger partial charge in [-0.05, 0) is 37.6 Å². The highest BCUT2D eigenvalue weighted by Crippen LogP contribution is 2.32. The van der Waals surface area contributed by atoms with Gasteiger partial charge in [0.15, 0.2) is 0 Å². The van der Waals surface area contributed by atoms with Gasteiger partial charge in [0.25, 0.3) is 5.56 Å². The maximum Gasteiger partial charge on any atom is 0.416 e. The summed E-state index contributed by atoms with van der Waals surface area (Å²) in [5, 5.41) is 3.91. The molecule has 11 heteroatoms. The van der Waals surface area contributed by atoms with E-state index in [9.17, 15) is 18.0 Å². The van der Waals surface area contributed by atoms with Crippen LogP contribution in [0.5, 0.6) is 0 Å². The van der Waals surface area contributed by atoms with Gasteiger partial charge in [-0.3, -0.25) is 19.0 Å². The molecule has 36 heavy (non-hydrogen) atoms. The molecule has 0 amide bonds. The number of rotatable bonds is 5. The fourth-order valence-electron chi connectivity index (χ4n) is 4.44. The summed E-state index contributed by atoms with van der Waals surface area (Å²) in [7, 11) is 0. The van der Waals surface area contributed by atoms with Crippen LogP contribution in [0.2, 0.25) is 0 Å². The zero-order valence-corrected chi connectivity index (χ0v) is 19.9. The number of pyridine rings is 1. The largest absolute Gasteiger partial charge is 0.416 e. The summed E-state index contributed by atoms with van der Waals surface area (Å²) in [4.78, 5) is 26.0. The van der Waals surface area contributed by atoms with Gasteiger partial charge in [0, 0.05) is 50.6 Å². The molecule has 188 valence electrons. The first-order valence-electron chi connectivity index (χ1n) is 11.6. The van der Waals surface area contributed by atoms with Crippen LogP contribution < -0.4 is 5.56 Å². The lowest BCUT2D eigenvalue weighted by Crippen LogP contribution is -2.46. The molecule has 1 atom stereocenters. The fourth-order valence-corrected chi connectivity index (χ4v) is 4.44. The Hall–Kier alpha value is -3.57. The molecule has 1 fully saturated rings. The van der Waals surface area contributed by atoms with Crippen LogP contribution in [0.3, 0.4) is 0 Å². The van der Waals surface area contributed by atoms with Gasteiger partial charge in [0.05, 0.1) is 17.3 Å². The van der Waals surface area contributed by atoms with Crippen molar-refractivity contribution in [3.05, 3.63) is 81.7 Å². The Morgan fingerprint density at radius 3 is 2.58 bits per heavy atom. The Labute approximate surface area is 205 Å². The van der Waals surface area contributed by atoms with Crippen LogP contribution in [0.4, 0.5) is 13.2 Å². The summed E-state index contributed by atoms with van der Waals surface area (Å²) < 4.78 is 46.1. The molecule has 0 N–H and O–H groups in total. The number of hydrogen-bond donors (Lipinski definition) is 0. The minimum absolute atomic E-state index is 0.0982. The van der Waals surface area contributed by atoms with Gasteiger partial charge in [-0.25, -0.2) is 4.98 Å². The number of halogens is 3. The first kappa shape index (κ1) is 24.1. The zero-order chi connectivity index (χ0) is 25.4. The van der Waals surface area contributed by atoms with E-state index < -0.39 is 11.7 Å². The maximum atomic E-state index is 13.0. The first-order chi connectivity index (χ1) is 17.2. The maximum absolute atomic E-state index is 13.0. The number of aryl methyl sites for hydroxylation is 1. The second kappa shape index (κ2) is 9.47. The van der Waals surface area contributed by atoms with Gasteiger partial charge < -0.3 is 4.52 Å². The van der Waals surface area contributed by atoms with E-state index in [4.69, 9.17) is 4.52 Å². The highest BCUT2D eigenvalue weighted by atomic mass is 19.4. The van der Waals surface area contributed by atoms with Gasteiger partial charge in [0.1, 0.15) is 5.65 Å². The van der Waals surface area contributed by atoms with Crippen LogP contribution in [-0.4, -0.2) is 55.5 Å². The van der Waals surface area contributed by atoms with Crippen LogP contribution in [-0.2, 0) is 12.7 Å². The van der Waals surface area contributed by atoms with E-state index in [1.54, 1.807) is 16.7 Å². The predicted molar refractivity (Wildman–Crippen MR) is 126 cm³/mol. The van der Waals surface area contributed by atoms with Crippen LogP contribution >= 0.6 is 0 Å². The molecule has 0 bridgehead atoms. The van der Waals surface area contributed by atoms with E-state index in [1.807, 2.05) is 26.0 Å². The highest BCUT2D eigenvalue weighted by molar-refractivity contribution is 5.55. The van der Waals surface area contributed by atoms with Crippen molar-refractivity contribution in [2.24, 2.45) is 0 Å². The highest BCUT2D eigenvalue weighted by Gasteiger charge is 2.31. The summed E-state index contributed by atoms with van der Waals surface area (Å²) in [6.07, 6.45) is -2.72. The molecule has 3 aromatic heterocycles. The van der Waals surface area contributed by atoms with Crippen molar-refractivity contribution in [3.8, 4) is 11.4 Å². The van der Waals surface area contributed by atoms with Crippen molar-refractivity contribution >= 4 is 5.65 Å². The van der Waals surface area contributed by atoms with E-state index in [-0.39, 0.29) is 23.0 Å².